The van der Waals surface area contributed by atoms with Gasteiger partial charge in [0.15, 0.2) is 5.96 Å². The van der Waals surface area contributed by atoms with Crippen LogP contribution in [0.2, 0.25) is 0 Å². The van der Waals surface area contributed by atoms with Crippen LogP contribution >= 0.6 is 0 Å². The number of rotatable bonds is 9. The van der Waals surface area contributed by atoms with Crippen molar-refractivity contribution in [3.8, 4) is 0 Å². The van der Waals surface area contributed by atoms with E-state index in [4.69, 9.17) is 4.74 Å². The largest absolute Gasteiger partial charge is 0.385 e. The Labute approximate surface area is 130 Å². The lowest BCUT2D eigenvalue weighted by molar-refractivity contribution is 0.194. The van der Waals surface area contributed by atoms with Gasteiger partial charge in [0.1, 0.15) is 0 Å². The first-order chi connectivity index (χ1) is 10.3. The molecule has 1 aliphatic rings. The van der Waals surface area contributed by atoms with E-state index in [1.54, 1.807) is 7.11 Å². The van der Waals surface area contributed by atoms with Crippen molar-refractivity contribution < 1.29 is 4.74 Å². The summed E-state index contributed by atoms with van der Waals surface area (Å²) in [6.07, 6.45) is 7.90. The molecule has 0 radical (unpaired) electrons. The molecule has 2 N–H and O–H groups in total. The second-order valence-electron chi connectivity index (χ2n) is 5.81. The molecule has 1 aliphatic carbocycles. The van der Waals surface area contributed by atoms with Gasteiger partial charge in [-0.05, 0) is 33.2 Å². The van der Waals surface area contributed by atoms with Crippen molar-refractivity contribution in [3.63, 3.8) is 0 Å². The van der Waals surface area contributed by atoms with Crippen LogP contribution in [0.15, 0.2) is 4.99 Å². The molecule has 0 bridgehead atoms. The zero-order valence-electron chi connectivity index (χ0n) is 14.2. The molecule has 0 aliphatic heterocycles. The summed E-state index contributed by atoms with van der Waals surface area (Å²) in [6.45, 7) is 6.60. The van der Waals surface area contributed by atoms with Gasteiger partial charge >= 0.3 is 0 Å². The first kappa shape index (κ1) is 18.2. The van der Waals surface area contributed by atoms with Gasteiger partial charge in [0.2, 0.25) is 0 Å². The Hall–Kier alpha value is -0.810. The van der Waals surface area contributed by atoms with E-state index < -0.39 is 0 Å². The average Bonchev–Trinajstić information content (AvgIpc) is 2.52. The fraction of sp³-hybridized carbons (Fsp3) is 0.938. The summed E-state index contributed by atoms with van der Waals surface area (Å²) < 4.78 is 5.05. The van der Waals surface area contributed by atoms with E-state index in [9.17, 15) is 0 Å². The molecule has 21 heavy (non-hydrogen) atoms. The van der Waals surface area contributed by atoms with E-state index in [0.717, 1.165) is 51.2 Å². The zero-order valence-corrected chi connectivity index (χ0v) is 14.2. The summed E-state index contributed by atoms with van der Waals surface area (Å²) >= 11 is 0. The number of nitrogens with zero attached hydrogens (tertiary/aromatic N) is 2. The van der Waals surface area contributed by atoms with Crippen molar-refractivity contribution in [2.75, 3.05) is 46.9 Å². The first-order valence-corrected chi connectivity index (χ1v) is 8.49. The predicted octanol–water partition coefficient (Wildman–Crippen LogP) is 1.84. The van der Waals surface area contributed by atoms with Crippen LogP contribution < -0.4 is 10.6 Å². The van der Waals surface area contributed by atoms with Gasteiger partial charge in [0.25, 0.3) is 0 Å². The summed E-state index contributed by atoms with van der Waals surface area (Å²) in [5.74, 6) is 0.922. The minimum atomic E-state index is 0.771. The van der Waals surface area contributed by atoms with Gasteiger partial charge in [-0.1, -0.05) is 19.3 Å². The molecule has 5 heteroatoms. The number of nitrogens with one attached hydrogen (secondary N) is 2. The number of likely N-dealkylation sites (N-methyl/N-ethyl adjacent to an activating group) is 1. The van der Waals surface area contributed by atoms with Gasteiger partial charge in [-0.3, -0.25) is 4.99 Å². The molecule has 0 unspecified atom stereocenters. The van der Waals surface area contributed by atoms with Crippen molar-refractivity contribution in [1.82, 2.24) is 15.5 Å². The molecule has 1 fully saturated rings. The van der Waals surface area contributed by atoms with Gasteiger partial charge < -0.3 is 20.3 Å². The maximum Gasteiger partial charge on any atom is 0.191 e. The van der Waals surface area contributed by atoms with Crippen LogP contribution in [0.5, 0.6) is 0 Å². The molecule has 0 atom stereocenters. The van der Waals surface area contributed by atoms with E-state index in [1.165, 1.54) is 32.1 Å². The Bertz CT molecular complexity index is 277. The molecule has 0 aromatic carbocycles. The Morgan fingerprint density at radius 2 is 2.00 bits per heavy atom. The topological polar surface area (TPSA) is 48.9 Å². The molecule has 0 heterocycles. The average molecular weight is 298 g/mol. The highest BCUT2D eigenvalue weighted by atomic mass is 16.5. The van der Waals surface area contributed by atoms with Crippen LogP contribution in [-0.2, 0) is 4.74 Å². The molecule has 1 saturated carbocycles. The third kappa shape index (κ3) is 8.27. The minimum absolute atomic E-state index is 0.771. The fourth-order valence-electron chi connectivity index (χ4n) is 2.80. The van der Waals surface area contributed by atoms with Gasteiger partial charge in [0, 0.05) is 45.9 Å². The first-order valence-electron chi connectivity index (χ1n) is 8.49. The number of hydrogen-bond acceptors (Lipinski definition) is 3. The van der Waals surface area contributed by atoms with Crippen LogP contribution in [0, 0.1) is 0 Å². The Morgan fingerprint density at radius 3 is 2.67 bits per heavy atom. The molecule has 5 nitrogen and oxygen atoms in total. The second-order valence-corrected chi connectivity index (χ2v) is 5.81. The van der Waals surface area contributed by atoms with Crippen molar-refractivity contribution in [1.29, 1.82) is 0 Å². The normalized spacial score (nSPS) is 17.2. The van der Waals surface area contributed by atoms with Crippen LogP contribution in [0.3, 0.4) is 0 Å². The van der Waals surface area contributed by atoms with E-state index in [0.29, 0.717) is 0 Å². The Balaban J connectivity index is 2.21. The molecular weight excluding hydrogens is 264 g/mol. The predicted molar refractivity (Wildman–Crippen MR) is 90.0 cm³/mol. The maximum absolute atomic E-state index is 5.05. The summed E-state index contributed by atoms with van der Waals surface area (Å²) in [5.41, 5.74) is 0. The highest BCUT2D eigenvalue weighted by molar-refractivity contribution is 5.79. The molecule has 0 aromatic heterocycles. The fourth-order valence-corrected chi connectivity index (χ4v) is 2.80. The van der Waals surface area contributed by atoms with Crippen molar-refractivity contribution in [2.45, 2.75) is 51.5 Å². The molecule has 0 amide bonds. The SMILES string of the molecule is CCNC(=NCCCOC)NCCN(C)C1CCCCC1. The lowest BCUT2D eigenvalue weighted by Crippen LogP contribution is -2.43. The van der Waals surface area contributed by atoms with Crippen LogP contribution in [0.1, 0.15) is 45.4 Å². The quantitative estimate of drug-likeness (QED) is 0.387. The molecule has 0 spiro atoms. The molecule has 124 valence electrons. The maximum atomic E-state index is 5.05. The zero-order chi connectivity index (χ0) is 15.3. The number of guanidine groups is 1. The number of methoxy groups -OCH3 is 1. The lowest BCUT2D eigenvalue weighted by atomic mass is 9.94. The van der Waals surface area contributed by atoms with E-state index in [1.807, 2.05) is 0 Å². The molecule has 1 rings (SSSR count). The third-order valence-electron chi connectivity index (χ3n) is 4.08. The lowest BCUT2D eigenvalue weighted by Gasteiger charge is -2.31. The highest BCUT2D eigenvalue weighted by Crippen LogP contribution is 2.21. The summed E-state index contributed by atoms with van der Waals surface area (Å²) in [4.78, 5) is 7.06. The minimum Gasteiger partial charge on any atom is -0.385 e. The smallest absolute Gasteiger partial charge is 0.191 e. The summed E-state index contributed by atoms with van der Waals surface area (Å²) in [5, 5.41) is 6.72. The molecular formula is C16H34N4O. The van der Waals surface area contributed by atoms with Crippen molar-refractivity contribution in [3.05, 3.63) is 0 Å². The van der Waals surface area contributed by atoms with Gasteiger partial charge in [0.05, 0.1) is 0 Å². The number of aliphatic imine (C=N–C) groups is 1. The van der Waals surface area contributed by atoms with Crippen LogP contribution in [0.4, 0.5) is 0 Å². The van der Waals surface area contributed by atoms with Gasteiger partial charge in [-0.2, -0.15) is 0 Å². The molecule has 0 saturated heterocycles. The molecule has 0 aromatic rings. The standard InChI is InChI=1S/C16H34N4O/c1-4-17-16(18-11-8-14-21-3)19-12-13-20(2)15-9-6-5-7-10-15/h15H,4-14H2,1-3H3,(H2,17,18,19). The van der Waals surface area contributed by atoms with Crippen LogP contribution in [-0.4, -0.2) is 63.8 Å². The number of hydrogen-bond donors (Lipinski definition) is 2. The summed E-state index contributed by atoms with van der Waals surface area (Å²) in [7, 11) is 3.98. The van der Waals surface area contributed by atoms with Gasteiger partial charge in [-0.15, -0.1) is 0 Å². The van der Waals surface area contributed by atoms with Crippen LogP contribution in [0.25, 0.3) is 0 Å². The van der Waals surface area contributed by atoms with E-state index in [2.05, 4.69) is 34.5 Å². The third-order valence-corrected chi connectivity index (χ3v) is 4.08. The van der Waals surface area contributed by atoms with E-state index in [-0.39, 0.29) is 0 Å². The highest BCUT2D eigenvalue weighted by Gasteiger charge is 2.17. The van der Waals surface area contributed by atoms with Crippen molar-refractivity contribution >= 4 is 5.96 Å². The van der Waals surface area contributed by atoms with E-state index >= 15 is 0 Å². The second kappa shape index (κ2) is 11.8. The van der Waals surface area contributed by atoms with Crippen molar-refractivity contribution in [2.24, 2.45) is 4.99 Å². The Morgan fingerprint density at radius 1 is 1.24 bits per heavy atom. The monoisotopic (exact) mass is 298 g/mol. The Kier molecular flexibility index (Phi) is 10.3. The summed E-state index contributed by atoms with van der Waals surface area (Å²) in [6, 6.07) is 0.779. The number of ether oxygens (including phenoxy) is 1. The van der Waals surface area contributed by atoms with Gasteiger partial charge in [-0.25, -0.2) is 0 Å².